The highest BCUT2D eigenvalue weighted by Gasteiger charge is 2.22. The number of anilines is 2. The summed E-state index contributed by atoms with van der Waals surface area (Å²) in [6.45, 7) is 4.32. The summed E-state index contributed by atoms with van der Waals surface area (Å²) >= 11 is 1.23. The van der Waals surface area contributed by atoms with Crippen molar-refractivity contribution in [3.63, 3.8) is 0 Å². The molecule has 0 spiro atoms. The number of para-hydroxylation sites is 1. The smallest absolute Gasteiger partial charge is 0.237 e. The van der Waals surface area contributed by atoms with Crippen LogP contribution in [0.25, 0.3) is 0 Å². The summed E-state index contributed by atoms with van der Waals surface area (Å²) in [4.78, 5) is 25.1. The van der Waals surface area contributed by atoms with Crippen LogP contribution in [-0.2, 0) is 22.6 Å². The number of carbonyl (C=O) groups excluding carboxylic acids is 2. The molecule has 1 unspecified atom stereocenters. The van der Waals surface area contributed by atoms with Gasteiger partial charge >= 0.3 is 0 Å². The van der Waals surface area contributed by atoms with Gasteiger partial charge in [-0.2, -0.15) is 0 Å². The predicted molar refractivity (Wildman–Crippen MR) is 121 cm³/mol. The Morgan fingerprint density at radius 3 is 2.73 bits per heavy atom. The number of nitrogens with one attached hydrogen (secondary N) is 2. The summed E-state index contributed by atoms with van der Waals surface area (Å²) in [7, 11) is 0. The molecule has 11 heteroatoms. The second kappa shape index (κ2) is 9.90. The Morgan fingerprint density at radius 1 is 1.15 bits per heavy atom. The minimum absolute atomic E-state index is 0.0759. The first-order chi connectivity index (χ1) is 15.9. The first kappa shape index (κ1) is 22.6. The third-order valence-corrected chi connectivity index (χ3v) is 5.95. The van der Waals surface area contributed by atoms with Crippen LogP contribution < -0.4 is 20.1 Å². The molecule has 0 radical (unpaired) electrons. The number of hydrogen-bond acceptors (Lipinski definition) is 7. The molecule has 0 bridgehead atoms. The zero-order valence-corrected chi connectivity index (χ0v) is 18.8. The van der Waals surface area contributed by atoms with Crippen molar-refractivity contribution in [1.82, 2.24) is 14.8 Å². The summed E-state index contributed by atoms with van der Waals surface area (Å²) in [5.74, 6) is 0.504. The van der Waals surface area contributed by atoms with E-state index in [1.54, 1.807) is 41.8 Å². The zero-order chi connectivity index (χ0) is 23.4. The van der Waals surface area contributed by atoms with Crippen molar-refractivity contribution in [1.29, 1.82) is 0 Å². The van der Waals surface area contributed by atoms with Crippen LogP contribution >= 0.6 is 11.8 Å². The van der Waals surface area contributed by atoms with E-state index < -0.39 is 17.0 Å². The summed E-state index contributed by atoms with van der Waals surface area (Å²) < 4.78 is 26.1. The maximum absolute atomic E-state index is 13.8. The summed E-state index contributed by atoms with van der Waals surface area (Å²) in [6, 6.07) is 11.1. The number of thioether (sulfide) groups is 1. The first-order valence-electron chi connectivity index (χ1n) is 10.3. The minimum Gasteiger partial charge on any atom is -0.454 e. The van der Waals surface area contributed by atoms with E-state index in [0.717, 1.165) is 0 Å². The fourth-order valence-corrected chi connectivity index (χ4v) is 4.12. The SMILES string of the molecule is CCn1c(CC(=O)Nc2ccccc2F)nnc1SC(C)C(=O)Nc1ccc2c(c1)OCO2. The Hall–Kier alpha value is -3.60. The van der Waals surface area contributed by atoms with E-state index in [9.17, 15) is 14.0 Å². The lowest BCUT2D eigenvalue weighted by Crippen LogP contribution is -2.23. The Bertz CT molecular complexity index is 1190. The molecule has 3 aromatic rings. The fraction of sp³-hybridized carbons (Fsp3) is 0.273. The number of rotatable bonds is 8. The number of carbonyl (C=O) groups is 2. The van der Waals surface area contributed by atoms with Gasteiger partial charge in [-0.25, -0.2) is 4.39 Å². The van der Waals surface area contributed by atoms with Gasteiger partial charge < -0.3 is 24.7 Å². The molecule has 0 saturated carbocycles. The predicted octanol–water partition coefficient (Wildman–Crippen LogP) is 3.47. The van der Waals surface area contributed by atoms with Crippen LogP contribution in [0, 0.1) is 5.82 Å². The van der Waals surface area contributed by atoms with Gasteiger partial charge in [-0.1, -0.05) is 23.9 Å². The molecule has 172 valence electrons. The van der Waals surface area contributed by atoms with Crippen LogP contribution in [0.2, 0.25) is 0 Å². The fourth-order valence-electron chi connectivity index (χ4n) is 3.19. The second-order valence-corrected chi connectivity index (χ2v) is 8.47. The van der Waals surface area contributed by atoms with Gasteiger partial charge in [0.05, 0.1) is 17.4 Å². The molecule has 2 heterocycles. The van der Waals surface area contributed by atoms with Crippen molar-refractivity contribution in [3.05, 3.63) is 54.1 Å². The topological polar surface area (TPSA) is 107 Å². The lowest BCUT2D eigenvalue weighted by molar-refractivity contribution is -0.116. The lowest BCUT2D eigenvalue weighted by atomic mass is 10.2. The molecule has 1 atom stereocenters. The third kappa shape index (κ3) is 5.25. The van der Waals surface area contributed by atoms with Crippen LogP contribution in [0.1, 0.15) is 19.7 Å². The zero-order valence-electron chi connectivity index (χ0n) is 18.0. The maximum atomic E-state index is 13.8. The van der Waals surface area contributed by atoms with Gasteiger partial charge in [0.15, 0.2) is 16.7 Å². The lowest BCUT2D eigenvalue weighted by Gasteiger charge is -2.13. The average Bonchev–Trinajstić information content (AvgIpc) is 3.41. The Morgan fingerprint density at radius 2 is 1.94 bits per heavy atom. The molecule has 0 fully saturated rings. The van der Waals surface area contributed by atoms with E-state index in [1.807, 2.05) is 6.92 Å². The molecule has 0 aliphatic carbocycles. The Balaban J connectivity index is 1.38. The number of fused-ring (bicyclic) bond motifs is 1. The molecule has 1 aliphatic rings. The van der Waals surface area contributed by atoms with Crippen molar-refractivity contribution < 1.29 is 23.5 Å². The monoisotopic (exact) mass is 471 g/mol. The molecule has 0 saturated heterocycles. The van der Waals surface area contributed by atoms with Gasteiger partial charge in [0.25, 0.3) is 0 Å². The van der Waals surface area contributed by atoms with Gasteiger partial charge in [-0.15, -0.1) is 10.2 Å². The van der Waals surface area contributed by atoms with E-state index in [4.69, 9.17) is 9.47 Å². The number of benzene rings is 2. The van der Waals surface area contributed by atoms with Crippen molar-refractivity contribution in [2.45, 2.75) is 37.2 Å². The molecule has 33 heavy (non-hydrogen) atoms. The number of aromatic nitrogens is 3. The standard InChI is InChI=1S/C22H22FN5O4S/c1-3-28-19(11-20(29)25-16-7-5-4-6-15(16)23)26-27-22(28)33-13(2)21(30)24-14-8-9-17-18(10-14)32-12-31-17/h4-10,13H,3,11-12H2,1-2H3,(H,24,30)(H,25,29). The van der Waals surface area contributed by atoms with E-state index in [2.05, 4.69) is 20.8 Å². The van der Waals surface area contributed by atoms with Crippen LogP contribution in [0.4, 0.5) is 15.8 Å². The maximum Gasteiger partial charge on any atom is 0.237 e. The number of amides is 2. The number of ether oxygens (including phenoxy) is 2. The van der Waals surface area contributed by atoms with Crippen LogP contribution in [-0.4, -0.2) is 38.6 Å². The average molecular weight is 472 g/mol. The molecular formula is C22H22FN5O4S. The van der Waals surface area contributed by atoms with Crippen molar-refractivity contribution >= 4 is 35.0 Å². The molecule has 2 N–H and O–H groups in total. The van der Waals surface area contributed by atoms with Gasteiger partial charge in [0.2, 0.25) is 18.6 Å². The second-order valence-electron chi connectivity index (χ2n) is 7.17. The Labute approximate surface area is 193 Å². The quantitative estimate of drug-likeness (QED) is 0.485. The number of hydrogen-bond donors (Lipinski definition) is 2. The van der Waals surface area contributed by atoms with Gasteiger partial charge in [-0.3, -0.25) is 9.59 Å². The summed E-state index contributed by atoms with van der Waals surface area (Å²) in [5, 5.41) is 13.7. The van der Waals surface area contributed by atoms with Gasteiger partial charge in [0, 0.05) is 18.3 Å². The molecule has 2 aromatic carbocycles. The van der Waals surface area contributed by atoms with E-state index in [-0.39, 0.29) is 24.8 Å². The van der Waals surface area contributed by atoms with E-state index in [1.165, 1.54) is 23.9 Å². The highest BCUT2D eigenvalue weighted by Crippen LogP contribution is 2.34. The summed E-state index contributed by atoms with van der Waals surface area (Å²) in [6.07, 6.45) is -0.0759. The largest absolute Gasteiger partial charge is 0.454 e. The third-order valence-electron chi connectivity index (χ3n) is 4.87. The minimum atomic E-state index is -0.513. The molecule has 1 aromatic heterocycles. The summed E-state index contributed by atoms with van der Waals surface area (Å²) in [5.41, 5.74) is 0.702. The van der Waals surface area contributed by atoms with Gasteiger partial charge in [0.1, 0.15) is 11.6 Å². The van der Waals surface area contributed by atoms with E-state index in [0.29, 0.717) is 34.7 Å². The van der Waals surface area contributed by atoms with Crippen LogP contribution in [0.5, 0.6) is 11.5 Å². The van der Waals surface area contributed by atoms with Crippen molar-refractivity contribution in [3.8, 4) is 11.5 Å². The highest BCUT2D eigenvalue weighted by molar-refractivity contribution is 8.00. The van der Waals surface area contributed by atoms with Crippen molar-refractivity contribution in [2.75, 3.05) is 17.4 Å². The first-order valence-corrected chi connectivity index (χ1v) is 11.2. The van der Waals surface area contributed by atoms with Crippen molar-refractivity contribution in [2.24, 2.45) is 0 Å². The van der Waals surface area contributed by atoms with Crippen LogP contribution in [0.15, 0.2) is 47.6 Å². The van der Waals surface area contributed by atoms with Crippen LogP contribution in [0.3, 0.4) is 0 Å². The molecule has 1 aliphatic heterocycles. The van der Waals surface area contributed by atoms with Gasteiger partial charge in [-0.05, 0) is 38.1 Å². The molecule has 2 amide bonds. The molecule has 4 rings (SSSR count). The normalized spacial score (nSPS) is 12.9. The highest BCUT2D eigenvalue weighted by atomic mass is 32.2. The number of halogens is 1. The van der Waals surface area contributed by atoms with E-state index >= 15 is 0 Å². The molecule has 9 nitrogen and oxygen atoms in total. The molecular weight excluding hydrogens is 449 g/mol. The Kier molecular flexibility index (Phi) is 6.78. The number of nitrogens with zero attached hydrogens (tertiary/aromatic N) is 3.